The smallest absolute Gasteiger partial charge is 0.158 e. The van der Waals surface area contributed by atoms with Gasteiger partial charge in [0, 0.05) is 12.0 Å². The van der Waals surface area contributed by atoms with E-state index in [4.69, 9.17) is 0 Å². The molecule has 0 heterocycles. The molecule has 1 atom stereocenters. The van der Waals surface area contributed by atoms with Crippen molar-refractivity contribution in [3.05, 3.63) is 47.4 Å². The second kappa shape index (κ2) is 2.91. The van der Waals surface area contributed by atoms with E-state index < -0.39 is 23.4 Å². The fraction of sp³-hybridized carbons (Fsp3) is 0.200. The molecule has 0 aliphatic heterocycles. The lowest BCUT2D eigenvalue weighted by Gasteiger charge is -2.21. The first-order valence-corrected chi connectivity index (χ1v) is 3.99. The summed E-state index contributed by atoms with van der Waals surface area (Å²) in [6, 6.07) is 0. The molecule has 3 heteroatoms. The number of fused-ring (bicyclic) bond motifs is 1. The molecule has 68 valence electrons. The van der Waals surface area contributed by atoms with Crippen LogP contribution < -0.4 is 0 Å². The Hall–Kier alpha value is -1.25. The van der Waals surface area contributed by atoms with Crippen molar-refractivity contribution in [2.45, 2.75) is 6.42 Å². The average Bonchev–Trinajstić information content (AvgIpc) is 2.15. The second-order valence-electron chi connectivity index (χ2n) is 3.03. The van der Waals surface area contributed by atoms with Gasteiger partial charge in [0.2, 0.25) is 0 Å². The first-order chi connectivity index (χ1) is 6.20. The minimum atomic E-state index is -1.09. The lowest BCUT2D eigenvalue weighted by Crippen LogP contribution is -2.12. The SMILES string of the molecule is FC1=CC(F)=C(F)C2CC=CC=C12. The van der Waals surface area contributed by atoms with Crippen LogP contribution in [0.15, 0.2) is 47.4 Å². The molecule has 0 aromatic heterocycles. The predicted molar refractivity (Wildman–Crippen MR) is 43.8 cm³/mol. The number of allylic oxidation sites excluding steroid dienone is 8. The van der Waals surface area contributed by atoms with Crippen molar-refractivity contribution >= 4 is 0 Å². The summed E-state index contributed by atoms with van der Waals surface area (Å²) in [6.45, 7) is 0. The number of rotatable bonds is 0. The van der Waals surface area contributed by atoms with Crippen LogP contribution in [0.3, 0.4) is 0 Å². The van der Waals surface area contributed by atoms with Crippen LogP contribution in [-0.4, -0.2) is 0 Å². The van der Waals surface area contributed by atoms with Crippen molar-refractivity contribution in [3.8, 4) is 0 Å². The van der Waals surface area contributed by atoms with Crippen LogP contribution in [0.1, 0.15) is 6.42 Å². The summed E-state index contributed by atoms with van der Waals surface area (Å²) in [6.07, 6.45) is 5.74. The predicted octanol–water partition coefficient (Wildman–Crippen LogP) is 3.51. The third-order valence-electron chi connectivity index (χ3n) is 2.22. The van der Waals surface area contributed by atoms with Crippen molar-refractivity contribution in [3.63, 3.8) is 0 Å². The van der Waals surface area contributed by atoms with Gasteiger partial charge in [-0.2, -0.15) is 0 Å². The summed E-state index contributed by atoms with van der Waals surface area (Å²) in [5.41, 5.74) is 0.237. The van der Waals surface area contributed by atoms with Crippen LogP contribution in [-0.2, 0) is 0 Å². The number of halogens is 3. The van der Waals surface area contributed by atoms with Crippen molar-refractivity contribution in [1.29, 1.82) is 0 Å². The fourth-order valence-corrected chi connectivity index (χ4v) is 1.55. The largest absolute Gasteiger partial charge is 0.208 e. The highest BCUT2D eigenvalue weighted by molar-refractivity contribution is 5.45. The van der Waals surface area contributed by atoms with Crippen LogP contribution >= 0.6 is 0 Å². The summed E-state index contributed by atoms with van der Waals surface area (Å²) in [4.78, 5) is 0. The summed E-state index contributed by atoms with van der Waals surface area (Å²) in [7, 11) is 0. The highest BCUT2D eigenvalue weighted by Crippen LogP contribution is 2.39. The zero-order valence-electron chi connectivity index (χ0n) is 6.73. The molecule has 0 bridgehead atoms. The summed E-state index contributed by atoms with van der Waals surface area (Å²) in [5.74, 6) is -3.38. The van der Waals surface area contributed by atoms with Gasteiger partial charge in [-0.1, -0.05) is 18.2 Å². The first kappa shape index (κ1) is 8.35. The molecular formula is C10H7F3. The van der Waals surface area contributed by atoms with Crippen molar-refractivity contribution in [2.24, 2.45) is 5.92 Å². The number of hydrogen-bond donors (Lipinski definition) is 0. The Labute approximate surface area is 73.8 Å². The quantitative estimate of drug-likeness (QED) is 0.540. The maximum absolute atomic E-state index is 13.1. The molecule has 2 aliphatic carbocycles. The van der Waals surface area contributed by atoms with Gasteiger partial charge in [-0.25, -0.2) is 13.2 Å². The van der Waals surface area contributed by atoms with Crippen molar-refractivity contribution in [2.75, 3.05) is 0 Å². The summed E-state index contributed by atoms with van der Waals surface area (Å²) < 4.78 is 38.9. The molecule has 0 aromatic carbocycles. The van der Waals surface area contributed by atoms with E-state index in [1.54, 1.807) is 12.2 Å². The standard InChI is InChI=1S/C10H7F3/c11-8-5-9(12)10(13)7-4-2-1-3-6(7)8/h1-3,5,7H,4H2. The Morgan fingerprint density at radius 3 is 2.77 bits per heavy atom. The van der Waals surface area contributed by atoms with Crippen LogP contribution in [0.4, 0.5) is 13.2 Å². The molecule has 0 spiro atoms. The van der Waals surface area contributed by atoms with E-state index in [0.29, 0.717) is 12.5 Å². The number of hydrogen-bond acceptors (Lipinski definition) is 0. The molecule has 0 fully saturated rings. The highest BCUT2D eigenvalue weighted by atomic mass is 19.2. The molecule has 0 N–H and O–H groups in total. The first-order valence-electron chi connectivity index (χ1n) is 3.99. The third-order valence-corrected chi connectivity index (χ3v) is 2.22. The van der Waals surface area contributed by atoms with E-state index in [1.165, 1.54) is 6.08 Å². The molecule has 0 saturated carbocycles. The van der Waals surface area contributed by atoms with Gasteiger partial charge in [-0.05, 0) is 12.0 Å². The third kappa shape index (κ3) is 1.24. The van der Waals surface area contributed by atoms with E-state index >= 15 is 0 Å². The highest BCUT2D eigenvalue weighted by Gasteiger charge is 2.29. The molecule has 2 aliphatic rings. The van der Waals surface area contributed by atoms with Crippen molar-refractivity contribution in [1.82, 2.24) is 0 Å². The summed E-state index contributed by atoms with van der Waals surface area (Å²) >= 11 is 0. The Balaban J connectivity index is 2.49. The van der Waals surface area contributed by atoms with E-state index in [9.17, 15) is 13.2 Å². The van der Waals surface area contributed by atoms with Gasteiger partial charge in [-0.15, -0.1) is 0 Å². The van der Waals surface area contributed by atoms with Gasteiger partial charge >= 0.3 is 0 Å². The van der Waals surface area contributed by atoms with E-state index in [0.717, 1.165) is 0 Å². The van der Waals surface area contributed by atoms with Gasteiger partial charge < -0.3 is 0 Å². The Bertz CT molecular complexity index is 358. The van der Waals surface area contributed by atoms with Crippen LogP contribution in [0.25, 0.3) is 0 Å². The normalized spacial score (nSPS) is 26.8. The van der Waals surface area contributed by atoms with Crippen molar-refractivity contribution < 1.29 is 13.2 Å². The lowest BCUT2D eigenvalue weighted by atomic mass is 9.86. The van der Waals surface area contributed by atoms with E-state index in [2.05, 4.69) is 0 Å². The fourth-order valence-electron chi connectivity index (χ4n) is 1.55. The van der Waals surface area contributed by atoms with Crippen LogP contribution in [0.2, 0.25) is 0 Å². The van der Waals surface area contributed by atoms with Gasteiger partial charge in [-0.3, -0.25) is 0 Å². The summed E-state index contributed by atoms with van der Waals surface area (Å²) in [5, 5.41) is 0. The molecule has 0 radical (unpaired) electrons. The Morgan fingerprint density at radius 2 is 2.00 bits per heavy atom. The van der Waals surface area contributed by atoms with E-state index in [1.807, 2.05) is 0 Å². The minimum absolute atomic E-state index is 0.237. The molecular weight excluding hydrogens is 177 g/mol. The molecule has 1 unspecified atom stereocenters. The van der Waals surface area contributed by atoms with Gasteiger partial charge in [0.25, 0.3) is 0 Å². The Morgan fingerprint density at radius 1 is 1.23 bits per heavy atom. The van der Waals surface area contributed by atoms with Gasteiger partial charge in [0.15, 0.2) is 5.83 Å². The lowest BCUT2D eigenvalue weighted by molar-refractivity contribution is 0.440. The van der Waals surface area contributed by atoms with Gasteiger partial charge in [0.1, 0.15) is 11.7 Å². The molecule has 0 saturated heterocycles. The topological polar surface area (TPSA) is 0 Å². The second-order valence-corrected chi connectivity index (χ2v) is 3.03. The monoisotopic (exact) mass is 184 g/mol. The maximum atomic E-state index is 13.1. The zero-order valence-corrected chi connectivity index (χ0v) is 6.73. The molecule has 0 aromatic rings. The average molecular weight is 184 g/mol. The molecule has 0 nitrogen and oxygen atoms in total. The zero-order chi connectivity index (χ0) is 9.42. The molecule has 0 amide bonds. The van der Waals surface area contributed by atoms with Gasteiger partial charge in [0.05, 0.1) is 0 Å². The minimum Gasteiger partial charge on any atom is -0.208 e. The molecule has 2 rings (SSSR count). The molecule has 13 heavy (non-hydrogen) atoms. The van der Waals surface area contributed by atoms with Crippen LogP contribution in [0, 0.1) is 5.92 Å². The maximum Gasteiger partial charge on any atom is 0.158 e. The van der Waals surface area contributed by atoms with E-state index in [-0.39, 0.29) is 5.57 Å². The Kier molecular flexibility index (Phi) is 1.87. The van der Waals surface area contributed by atoms with Crippen LogP contribution in [0.5, 0.6) is 0 Å².